The number of ether oxygens (including phenoxy) is 1. The summed E-state index contributed by atoms with van der Waals surface area (Å²) in [5.74, 6) is 0.875. The molecular weight excluding hydrogens is 228 g/mol. The van der Waals surface area contributed by atoms with Crippen molar-refractivity contribution in [1.82, 2.24) is 10.6 Å². The topological polar surface area (TPSA) is 53.5 Å². The molecule has 0 radical (unpaired) electrons. The maximum atomic E-state index is 9.17. The largest absolute Gasteiger partial charge is 0.496 e. The zero-order valence-electron chi connectivity index (χ0n) is 11.7. The quantitative estimate of drug-likeness (QED) is 0.680. The average Bonchev–Trinajstić information content (AvgIpc) is 2.39. The van der Waals surface area contributed by atoms with E-state index in [1.807, 2.05) is 25.2 Å². The summed E-state index contributed by atoms with van der Waals surface area (Å²) in [5.41, 5.74) is 0.900. The van der Waals surface area contributed by atoms with E-state index >= 15 is 0 Å². The molecule has 0 fully saturated rings. The highest BCUT2D eigenvalue weighted by atomic mass is 16.5. The number of benzene rings is 1. The molecule has 4 nitrogen and oxygen atoms in total. The van der Waals surface area contributed by atoms with Gasteiger partial charge < -0.3 is 20.5 Å². The maximum Gasteiger partial charge on any atom is 0.123 e. The fourth-order valence-corrected chi connectivity index (χ4v) is 1.89. The molecule has 0 aliphatic rings. The minimum atomic E-state index is -0.211. The molecule has 1 atom stereocenters. The first-order valence-corrected chi connectivity index (χ1v) is 6.21. The molecule has 0 aromatic heterocycles. The third-order valence-corrected chi connectivity index (χ3v) is 3.20. The van der Waals surface area contributed by atoms with E-state index in [1.54, 1.807) is 7.11 Å². The van der Waals surface area contributed by atoms with Crippen LogP contribution in [-0.2, 0) is 5.54 Å². The molecule has 18 heavy (non-hydrogen) atoms. The lowest BCUT2D eigenvalue weighted by molar-refractivity contribution is 0.233. The summed E-state index contributed by atoms with van der Waals surface area (Å²) in [6, 6.07) is 8.03. The van der Waals surface area contributed by atoms with Crippen LogP contribution < -0.4 is 15.4 Å². The number of hydrogen-bond donors (Lipinski definition) is 3. The van der Waals surface area contributed by atoms with E-state index in [9.17, 15) is 0 Å². The summed E-state index contributed by atoms with van der Waals surface area (Å²) < 4.78 is 5.39. The molecule has 3 N–H and O–H groups in total. The molecule has 4 heteroatoms. The number of rotatable bonds is 7. The number of nitrogens with one attached hydrogen (secondary N) is 2. The minimum absolute atomic E-state index is 0.0546. The molecule has 1 unspecified atom stereocenters. The SMILES string of the molecule is CNC(CO)CNC(C)(C)c1ccccc1OC. The van der Waals surface area contributed by atoms with Gasteiger partial charge in [0.05, 0.1) is 13.7 Å². The van der Waals surface area contributed by atoms with Crippen molar-refractivity contribution in [3.8, 4) is 5.75 Å². The lowest BCUT2D eigenvalue weighted by Gasteiger charge is -2.30. The Bertz CT molecular complexity index is 363. The monoisotopic (exact) mass is 252 g/mol. The molecular formula is C14H24N2O2. The van der Waals surface area contributed by atoms with Gasteiger partial charge in [0.25, 0.3) is 0 Å². The molecule has 102 valence electrons. The summed E-state index contributed by atoms with van der Waals surface area (Å²) in [7, 11) is 3.53. The smallest absolute Gasteiger partial charge is 0.123 e. The maximum absolute atomic E-state index is 9.17. The summed E-state index contributed by atoms with van der Waals surface area (Å²) in [6.45, 7) is 5.02. The second-order valence-electron chi connectivity index (χ2n) is 4.87. The van der Waals surface area contributed by atoms with Crippen LogP contribution in [-0.4, -0.2) is 38.5 Å². The second-order valence-corrected chi connectivity index (χ2v) is 4.87. The van der Waals surface area contributed by atoms with Crippen LogP contribution in [0.3, 0.4) is 0 Å². The molecule has 0 bridgehead atoms. The Morgan fingerprint density at radius 1 is 1.33 bits per heavy atom. The summed E-state index contributed by atoms with van der Waals surface area (Å²) in [4.78, 5) is 0. The Morgan fingerprint density at radius 2 is 2.00 bits per heavy atom. The lowest BCUT2D eigenvalue weighted by atomic mass is 9.93. The van der Waals surface area contributed by atoms with Crippen LogP contribution >= 0.6 is 0 Å². The Labute approximate surface area is 109 Å². The normalized spacial score (nSPS) is 13.4. The van der Waals surface area contributed by atoms with Gasteiger partial charge in [-0.3, -0.25) is 0 Å². The Kier molecular flexibility index (Phi) is 5.59. The van der Waals surface area contributed by atoms with Crippen LogP contribution in [0.15, 0.2) is 24.3 Å². The number of aliphatic hydroxyl groups is 1. The van der Waals surface area contributed by atoms with E-state index in [0.29, 0.717) is 6.54 Å². The van der Waals surface area contributed by atoms with Crippen LogP contribution in [0.1, 0.15) is 19.4 Å². The molecule has 0 aliphatic carbocycles. The number of likely N-dealkylation sites (N-methyl/N-ethyl adjacent to an activating group) is 1. The number of para-hydroxylation sites is 1. The summed E-state index contributed by atoms with van der Waals surface area (Å²) in [5, 5.41) is 15.7. The van der Waals surface area contributed by atoms with Gasteiger partial charge in [0.15, 0.2) is 0 Å². The van der Waals surface area contributed by atoms with Gasteiger partial charge in [-0.15, -0.1) is 0 Å². The van der Waals surface area contributed by atoms with Crippen molar-refractivity contribution in [2.45, 2.75) is 25.4 Å². The molecule has 0 spiro atoms. The molecule has 0 amide bonds. The predicted octanol–water partition coefficient (Wildman–Crippen LogP) is 1.10. The first-order chi connectivity index (χ1) is 8.55. The predicted molar refractivity (Wildman–Crippen MR) is 74.0 cm³/mol. The zero-order chi connectivity index (χ0) is 13.6. The van der Waals surface area contributed by atoms with Gasteiger partial charge in [-0.2, -0.15) is 0 Å². The van der Waals surface area contributed by atoms with Crippen LogP contribution in [0, 0.1) is 0 Å². The number of aliphatic hydroxyl groups excluding tert-OH is 1. The standard InChI is InChI=1S/C14H24N2O2/c1-14(2,16-9-11(10-17)15-3)12-7-5-6-8-13(12)18-4/h5-8,11,15-17H,9-10H2,1-4H3. The molecule has 0 heterocycles. The van der Waals surface area contributed by atoms with Gasteiger partial charge >= 0.3 is 0 Å². The van der Waals surface area contributed by atoms with Crippen LogP contribution in [0.2, 0.25) is 0 Å². The Morgan fingerprint density at radius 3 is 2.56 bits per heavy atom. The molecule has 1 rings (SSSR count). The first kappa shape index (κ1) is 15.0. The van der Waals surface area contributed by atoms with E-state index in [-0.39, 0.29) is 18.2 Å². The van der Waals surface area contributed by atoms with Crippen molar-refractivity contribution < 1.29 is 9.84 Å². The van der Waals surface area contributed by atoms with E-state index in [4.69, 9.17) is 9.84 Å². The van der Waals surface area contributed by atoms with E-state index in [1.165, 1.54) is 0 Å². The number of methoxy groups -OCH3 is 1. The average molecular weight is 252 g/mol. The highest BCUT2D eigenvalue weighted by molar-refractivity contribution is 5.38. The van der Waals surface area contributed by atoms with Gasteiger partial charge in [0.2, 0.25) is 0 Å². The van der Waals surface area contributed by atoms with E-state index in [2.05, 4.69) is 30.5 Å². The first-order valence-electron chi connectivity index (χ1n) is 6.21. The summed E-state index contributed by atoms with van der Waals surface area (Å²) in [6.07, 6.45) is 0. The van der Waals surface area contributed by atoms with Crippen LogP contribution in [0.4, 0.5) is 0 Å². The second kappa shape index (κ2) is 6.73. The molecule has 0 aliphatic heterocycles. The van der Waals surface area contributed by atoms with Crippen molar-refractivity contribution in [2.75, 3.05) is 27.3 Å². The highest BCUT2D eigenvalue weighted by Gasteiger charge is 2.24. The molecule has 1 aromatic rings. The Hall–Kier alpha value is -1.10. The minimum Gasteiger partial charge on any atom is -0.496 e. The van der Waals surface area contributed by atoms with E-state index in [0.717, 1.165) is 11.3 Å². The van der Waals surface area contributed by atoms with Crippen molar-refractivity contribution in [3.63, 3.8) is 0 Å². The van der Waals surface area contributed by atoms with Crippen molar-refractivity contribution in [2.24, 2.45) is 0 Å². The fraction of sp³-hybridized carbons (Fsp3) is 0.571. The van der Waals surface area contributed by atoms with E-state index < -0.39 is 0 Å². The van der Waals surface area contributed by atoms with Crippen LogP contribution in [0.25, 0.3) is 0 Å². The van der Waals surface area contributed by atoms with Gasteiger partial charge in [0, 0.05) is 23.7 Å². The van der Waals surface area contributed by atoms with Crippen molar-refractivity contribution in [3.05, 3.63) is 29.8 Å². The van der Waals surface area contributed by atoms with Crippen molar-refractivity contribution >= 4 is 0 Å². The zero-order valence-corrected chi connectivity index (χ0v) is 11.7. The van der Waals surface area contributed by atoms with Gasteiger partial charge in [-0.1, -0.05) is 18.2 Å². The lowest BCUT2D eigenvalue weighted by Crippen LogP contribution is -2.46. The number of hydrogen-bond acceptors (Lipinski definition) is 4. The third kappa shape index (κ3) is 3.70. The van der Waals surface area contributed by atoms with Gasteiger partial charge in [-0.05, 0) is 27.0 Å². The molecule has 0 saturated carbocycles. The fourth-order valence-electron chi connectivity index (χ4n) is 1.89. The van der Waals surface area contributed by atoms with Crippen molar-refractivity contribution in [1.29, 1.82) is 0 Å². The summed E-state index contributed by atoms with van der Waals surface area (Å²) >= 11 is 0. The third-order valence-electron chi connectivity index (χ3n) is 3.20. The Balaban J connectivity index is 2.78. The molecule has 1 aromatic carbocycles. The highest BCUT2D eigenvalue weighted by Crippen LogP contribution is 2.29. The van der Waals surface area contributed by atoms with Gasteiger partial charge in [0.1, 0.15) is 5.75 Å². The van der Waals surface area contributed by atoms with Crippen LogP contribution in [0.5, 0.6) is 5.75 Å². The molecule has 0 saturated heterocycles. The van der Waals surface area contributed by atoms with Gasteiger partial charge in [-0.25, -0.2) is 0 Å².